The lowest BCUT2D eigenvalue weighted by Crippen LogP contribution is -2.35. The summed E-state index contributed by atoms with van der Waals surface area (Å²) >= 11 is 0. The number of rotatable bonds is 7. The summed E-state index contributed by atoms with van der Waals surface area (Å²) in [6.07, 6.45) is 0. The van der Waals surface area contributed by atoms with Crippen molar-refractivity contribution in [2.45, 2.75) is 20.0 Å². The molecule has 0 bridgehead atoms. The molecule has 1 heterocycles. The van der Waals surface area contributed by atoms with Crippen LogP contribution in [0, 0.1) is 6.92 Å². The monoisotopic (exact) mass is 343 g/mol. The normalized spacial score (nSPS) is 10.8. The largest absolute Gasteiger partial charge is 0.464 e. The van der Waals surface area contributed by atoms with Gasteiger partial charge in [0.25, 0.3) is 5.91 Å². The third-order valence-electron chi connectivity index (χ3n) is 3.92. The van der Waals surface area contributed by atoms with Crippen molar-refractivity contribution in [1.29, 1.82) is 0 Å². The Bertz CT molecular complexity index is 722. The van der Waals surface area contributed by atoms with Crippen LogP contribution in [0.15, 0.2) is 40.8 Å². The third kappa shape index (κ3) is 5.46. The van der Waals surface area contributed by atoms with Crippen molar-refractivity contribution in [2.24, 2.45) is 0 Å². The number of amides is 2. The Balaban J connectivity index is 1.85. The van der Waals surface area contributed by atoms with E-state index < -0.39 is 0 Å². The van der Waals surface area contributed by atoms with Crippen molar-refractivity contribution in [2.75, 3.05) is 27.7 Å². The first-order valence-corrected chi connectivity index (χ1v) is 8.18. The van der Waals surface area contributed by atoms with E-state index in [-0.39, 0.29) is 11.8 Å². The van der Waals surface area contributed by atoms with Crippen molar-refractivity contribution < 1.29 is 14.0 Å². The molecule has 0 atom stereocenters. The predicted octanol–water partition coefficient (Wildman–Crippen LogP) is 2.04. The average Bonchev–Trinajstić information content (AvgIpc) is 2.99. The van der Waals surface area contributed by atoms with Gasteiger partial charge in [0.15, 0.2) is 0 Å². The quantitative estimate of drug-likeness (QED) is 0.835. The summed E-state index contributed by atoms with van der Waals surface area (Å²) < 4.78 is 5.50. The number of nitrogens with zero attached hydrogens (tertiary/aromatic N) is 2. The van der Waals surface area contributed by atoms with Crippen molar-refractivity contribution in [3.05, 3.63) is 59.0 Å². The molecule has 2 amide bonds. The third-order valence-corrected chi connectivity index (χ3v) is 3.92. The lowest BCUT2D eigenvalue weighted by Gasteiger charge is -2.21. The number of benzene rings is 1. The number of hydrogen-bond acceptors (Lipinski definition) is 4. The van der Waals surface area contributed by atoms with Gasteiger partial charge in [-0.15, -0.1) is 0 Å². The number of aryl methyl sites for hydroxylation is 1. The van der Waals surface area contributed by atoms with E-state index in [4.69, 9.17) is 4.42 Å². The Morgan fingerprint density at radius 3 is 2.28 bits per heavy atom. The number of carbonyl (C=O) groups excluding carboxylic acids is 2. The van der Waals surface area contributed by atoms with Crippen LogP contribution in [0.2, 0.25) is 0 Å². The molecule has 6 heteroatoms. The van der Waals surface area contributed by atoms with Gasteiger partial charge in [-0.25, -0.2) is 0 Å². The summed E-state index contributed by atoms with van der Waals surface area (Å²) in [6.45, 7) is 3.29. The number of hydrogen-bond donors (Lipinski definition) is 1. The lowest BCUT2D eigenvalue weighted by molar-refractivity contribution is -0.131. The van der Waals surface area contributed by atoms with Crippen LogP contribution in [0.25, 0.3) is 0 Å². The Labute approximate surface area is 148 Å². The Morgan fingerprint density at radius 1 is 1.04 bits per heavy atom. The first-order valence-electron chi connectivity index (χ1n) is 8.18. The molecule has 2 aromatic rings. The summed E-state index contributed by atoms with van der Waals surface area (Å²) in [7, 11) is 5.28. The molecule has 2 rings (SSSR count). The van der Waals surface area contributed by atoms with Crippen molar-refractivity contribution in [1.82, 2.24) is 15.1 Å². The molecule has 6 nitrogen and oxygen atoms in total. The molecule has 0 unspecified atom stereocenters. The SMILES string of the molecule is CNC(=O)c1ccc(CN(C)CC(=O)N(C)Cc2ccc(C)o2)cc1. The van der Waals surface area contributed by atoms with Gasteiger partial charge in [0.05, 0.1) is 13.1 Å². The number of nitrogens with one attached hydrogen (secondary N) is 1. The number of furan rings is 1. The smallest absolute Gasteiger partial charge is 0.251 e. The van der Waals surface area contributed by atoms with E-state index in [2.05, 4.69) is 5.32 Å². The molecule has 0 aliphatic carbocycles. The van der Waals surface area contributed by atoms with Gasteiger partial charge in [-0.2, -0.15) is 0 Å². The second kappa shape index (κ2) is 8.48. The molecule has 1 aromatic carbocycles. The molecule has 134 valence electrons. The minimum atomic E-state index is -0.107. The zero-order valence-corrected chi connectivity index (χ0v) is 15.2. The average molecular weight is 343 g/mol. The summed E-state index contributed by atoms with van der Waals surface area (Å²) in [5.41, 5.74) is 1.67. The van der Waals surface area contributed by atoms with Crippen LogP contribution in [-0.4, -0.2) is 49.3 Å². The molecule has 0 saturated carbocycles. The molecule has 0 radical (unpaired) electrons. The molecule has 1 N–H and O–H groups in total. The van der Waals surface area contributed by atoms with Gasteiger partial charge in [0, 0.05) is 26.2 Å². The molecule has 0 saturated heterocycles. The van der Waals surface area contributed by atoms with Crippen LogP contribution in [0.1, 0.15) is 27.4 Å². The molecule has 1 aromatic heterocycles. The minimum absolute atomic E-state index is 0.0264. The standard InChI is InChI=1S/C19H25N3O3/c1-14-5-10-17(25-14)12-22(4)18(23)13-21(3)11-15-6-8-16(9-7-15)19(24)20-2/h5-10H,11-13H2,1-4H3,(H,20,24). The highest BCUT2D eigenvalue weighted by molar-refractivity contribution is 5.93. The molecular weight excluding hydrogens is 318 g/mol. The van der Waals surface area contributed by atoms with Crippen LogP contribution in [0.3, 0.4) is 0 Å². The van der Waals surface area contributed by atoms with Crippen LogP contribution < -0.4 is 5.32 Å². The van der Waals surface area contributed by atoms with Crippen LogP contribution >= 0.6 is 0 Å². The Kier molecular flexibility index (Phi) is 6.36. The first-order chi connectivity index (χ1) is 11.9. The van der Waals surface area contributed by atoms with E-state index in [9.17, 15) is 9.59 Å². The van der Waals surface area contributed by atoms with E-state index in [1.54, 1.807) is 31.1 Å². The molecule has 0 fully saturated rings. The van der Waals surface area contributed by atoms with Gasteiger partial charge in [0.1, 0.15) is 11.5 Å². The van der Waals surface area contributed by atoms with E-state index >= 15 is 0 Å². The van der Waals surface area contributed by atoms with Gasteiger partial charge in [-0.05, 0) is 43.8 Å². The van der Waals surface area contributed by atoms with Crippen LogP contribution in [-0.2, 0) is 17.9 Å². The van der Waals surface area contributed by atoms with Gasteiger partial charge in [-0.3, -0.25) is 14.5 Å². The summed E-state index contributed by atoms with van der Waals surface area (Å²) in [6, 6.07) is 11.2. The van der Waals surface area contributed by atoms with Crippen molar-refractivity contribution >= 4 is 11.8 Å². The van der Waals surface area contributed by atoms with E-state index in [0.29, 0.717) is 25.2 Å². The van der Waals surface area contributed by atoms with Crippen molar-refractivity contribution in [3.63, 3.8) is 0 Å². The number of likely N-dealkylation sites (N-methyl/N-ethyl adjacent to an activating group) is 2. The maximum atomic E-state index is 12.3. The molecular formula is C19H25N3O3. The van der Waals surface area contributed by atoms with Crippen LogP contribution in [0.4, 0.5) is 0 Å². The minimum Gasteiger partial charge on any atom is -0.464 e. The maximum absolute atomic E-state index is 12.3. The summed E-state index contributed by atoms with van der Waals surface area (Å²) in [5, 5.41) is 2.59. The van der Waals surface area contributed by atoms with Gasteiger partial charge in [-0.1, -0.05) is 12.1 Å². The van der Waals surface area contributed by atoms with Gasteiger partial charge in [0.2, 0.25) is 5.91 Å². The zero-order chi connectivity index (χ0) is 18.4. The van der Waals surface area contributed by atoms with E-state index in [0.717, 1.165) is 17.1 Å². The Hall–Kier alpha value is -2.60. The second-order valence-corrected chi connectivity index (χ2v) is 6.21. The fourth-order valence-corrected chi connectivity index (χ4v) is 2.52. The summed E-state index contributed by atoms with van der Waals surface area (Å²) in [5.74, 6) is 1.54. The number of carbonyl (C=O) groups is 2. The van der Waals surface area contributed by atoms with Gasteiger partial charge < -0.3 is 14.6 Å². The van der Waals surface area contributed by atoms with Crippen LogP contribution in [0.5, 0.6) is 0 Å². The van der Waals surface area contributed by atoms with E-state index in [1.165, 1.54) is 0 Å². The van der Waals surface area contributed by atoms with Gasteiger partial charge >= 0.3 is 0 Å². The second-order valence-electron chi connectivity index (χ2n) is 6.21. The molecule has 0 aliphatic rings. The topological polar surface area (TPSA) is 65.8 Å². The highest BCUT2D eigenvalue weighted by Crippen LogP contribution is 2.10. The fraction of sp³-hybridized carbons (Fsp3) is 0.368. The molecule has 0 aliphatic heterocycles. The highest BCUT2D eigenvalue weighted by atomic mass is 16.3. The summed E-state index contributed by atoms with van der Waals surface area (Å²) in [4.78, 5) is 27.5. The first kappa shape index (κ1) is 18.7. The molecule has 25 heavy (non-hydrogen) atoms. The van der Waals surface area contributed by atoms with E-state index in [1.807, 2.05) is 43.1 Å². The zero-order valence-electron chi connectivity index (χ0n) is 15.2. The Morgan fingerprint density at radius 2 is 1.72 bits per heavy atom. The highest BCUT2D eigenvalue weighted by Gasteiger charge is 2.14. The fourth-order valence-electron chi connectivity index (χ4n) is 2.52. The van der Waals surface area contributed by atoms with Crippen molar-refractivity contribution in [3.8, 4) is 0 Å². The predicted molar refractivity (Wildman–Crippen MR) is 96.1 cm³/mol. The maximum Gasteiger partial charge on any atom is 0.251 e. The lowest BCUT2D eigenvalue weighted by atomic mass is 10.1. The molecule has 0 spiro atoms.